The van der Waals surface area contributed by atoms with Crippen LogP contribution < -0.4 is 16.0 Å². The van der Waals surface area contributed by atoms with Gasteiger partial charge < -0.3 is 25.8 Å². The maximum atomic E-state index is 12.0. The van der Waals surface area contributed by atoms with E-state index in [0.717, 1.165) is 31.1 Å². The van der Waals surface area contributed by atoms with Gasteiger partial charge in [0.05, 0.1) is 23.9 Å². The highest BCUT2D eigenvalue weighted by atomic mass is 32.2. The van der Waals surface area contributed by atoms with Crippen molar-refractivity contribution in [2.24, 2.45) is 0 Å². The third-order valence-corrected chi connectivity index (χ3v) is 5.39. The fraction of sp³-hybridized carbons (Fsp3) is 0.542. The normalized spacial score (nSPS) is 10.1. The number of nitrogens with one attached hydrogen (secondary N) is 3. The Labute approximate surface area is 214 Å². The van der Waals surface area contributed by atoms with Crippen molar-refractivity contribution in [3.8, 4) is 12.1 Å². The molecule has 0 aromatic carbocycles. The lowest BCUT2D eigenvalue weighted by molar-refractivity contribution is -0.135. The van der Waals surface area contributed by atoms with Crippen molar-refractivity contribution < 1.29 is 9.59 Å². The highest BCUT2D eigenvalue weighted by molar-refractivity contribution is 7.99. The van der Waals surface area contributed by atoms with Gasteiger partial charge in [-0.2, -0.15) is 22.3 Å². The van der Waals surface area contributed by atoms with Crippen LogP contribution in [-0.2, 0) is 9.59 Å². The van der Waals surface area contributed by atoms with Crippen molar-refractivity contribution in [1.82, 2.24) is 20.1 Å². The molecule has 0 bridgehead atoms. The quantitative estimate of drug-likeness (QED) is 0.289. The van der Waals surface area contributed by atoms with E-state index < -0.39 is 0 Å². The number of carbonyl (C=O) groups excluding carboxylic acids is 2. The van der Waals surface area contributed by atoms with Crippen LogP contribution in [0.2, 0.25) is 0 Å². The van der Waals surface area contributed by atoms with Crippen molar-refractivity contribution in [3.63, 3.8) is 0 Å². The molecule has 11 heteroatoms. The Morgan fingerprint density at radius 3 is 2.34 bits per heavy atom. The first-order valence-electron chi connectivity index (χ1n) is 11.2. The molecule has 0 spiro atoms. The molecular weight excluding hydrogens is 464 g/mol. The van der Waals surface area contributed by atoms with E-state index in [2.05, 4.69) is 46.5 Å². The Morgan fingerprint density at radius 2 is 1.89 bits per heavy atom. The summed E-state index contributed by atoms with van der Waals surface area (Å²) in [5.74, 6) is 1.49. The molecule has 1 aromatic rings. The number of thioether (sulfide) groups is 1. The summed E-state index contributed by atoms with van der Waals surface area (Å²) in [6.07, 6.45) is 3.81. The highest BCUT2D eigenvalue weighted by Crippen LogP contribution is 2.13. The van der Waals surface area contributed by atoms with E-state index in [0.29, 0.717) is 6.54 Å². The summed E-state index contributed by atoms with van der Waals surface area (Å²) in [7, 11) is 5.98. The standard InChI is InChI=1S/C11H19N3O2S.C10H18N4.C3H3N/c1-4-9(17-3)11(16)14(5-2)8-10(15)13-7-6-12;1-11-9-5-4-6-10(13-9)12-7-8-14(2)3;1-2-3-4/h9H,4-5,7-8H2,1-3H3,(H,13,15);4-6H,7-8H2,1-3H3,(H2,11,12,13);2H,1H2. The minimum absolute atomic E-state index is 0.0189. The van der Waals surface area contributed by atoms with Crippen LogP contribution in [0.5, 0.6) is 0 Å². The van der Waals surface area contributed by atoms with Crippen LogP contribution in [0.1, 0.15) is 20.3 Å². The van der Waals surface area contributed by atoms with Gasteiger partial charge in [-0.05, 0) is 45.8 Å². The van der Waals surface area contributed by atoms with Crippen LogP contribution in [0.15, 0.2) is 30.9 Å². The number of hydrogen-bond donors (Lipinski definition) is 3. The van der Waals surface area contributed by atoms with Gasteiger partial charge in [0.25, 0.3) is 0 Å². The summed E-state index contributed by atoms with van der Waals surface area (Å²) in [5, 5.41) is 24.4. The zero-order chi connectivity index (χ0) is 27.1. The topological polar surface area (TPSA) is 137 Å². The molecule has 0 radical (unpaired) electrons. The maximum Gasteiger partial charge on any atom is 0.240 e. The summed E-state index contributed by atoms with van der Waals surface area (Å²) >= 11 is 1.49. The van der Waals surface area contributed by atoms with Crippen LogP contribution in [-0.4, -0.2) is 92.0 Å². The Kier molecular flexibility index (Phi) is 21.8. The SMILES string of the molecule is C=CC#N.CCC(SC)C(=O)N(CC)CC(=O)NCC#N.CNc1cccc(NCCN(C)C)n1. The van der Waals surface area contributed by atoms with Gasteiger partial charge in [0.2, 0.25) is 11.8 Å². The summed E-state index contributed by atoms with van der Waals surface area (Å²) in [5.41, 5.74) is 0. The maximum absolute atomic E-state index is 12.0. The van der Waals surface area contributed by atoms with Gasteiger partial charge in [0.15, 0.2) is 0 Å². The van der Waals surface area contributed by atoms with Gasteiger partial charge >= 0.3 is 0 Å². The van der Waals surface area contributed by atoms with Gasteiger partial charge in [0, 0.05) is 32.8 Å². The molecule has 194 valence electrons. The molecule has 0 saturated heterocycles. The van der Waals surface area contributed by atoms with E-state index in [9.17, 15) is 9.59 Å². The lowest BCUT2D eigenvalue weighted by Gasteiger charge is -2.24. The molecule has 1 rings (SSSR count). The average Bonchev–Trinajstić information content (AvgIpc) is 2.87. The lowest BCUT2D eigenvalue weighted by atomic mass is 10.3. The largest absolute Gasteiger partial charge is 0.373 e. The summed E-state index contributed by atoms with van der Waals surface area (Å²) in [6.45, 7) is 9.31. The van der Waals surface area contributed by atoms with E-state index in [-0.39, 0.29) is 30.2 Å². The Balaban J connectivity index is 0. The van der Waals surface area contributed by atoms with Crippen LogP contribution in [0.25, 0.3) is 0 Å². The predicted octanol–water partition coefficient (Wildman–Crippen LogP) is 2.41. The van der Waals surface area contributed by atoms with Crippen LogP contribution in [0, 0.1) is 22.7 Å². The number of rotatable bonds is 12. The molecular formula is C24H40N8O2S. The van der Waals surface area contributed by atoms with Crippen LogP contribution >= 0.6 is 11.8 Å². The molecule has 1 unspecified atom stereocenters. The van der Waals surface area contributed by atoms with Crippen LogP contribution in [0.3, 0.4) is 0 Å². The van der Waals surface area contributed by atoms with Gasteiger partial charge in [-0.3, -0.25) is 9.59 Å². The van der Waals surface area contributed by atoms with Crippen molar-refractivity contribution in [1.29, 1.82) is 10.5 Å². The van der Waals surface area contributed by atoms with Gasteiger partial charge in [-0.15, -0.1) is 0 Å². The number of hydrogen-bond acceptors (Lipinski definition) is 9. The lowest BCUT2D eigenvalue weighted by Crippen LogP contribution is -2.44. The number of aromatic nitrogens is 1. The molecule has 35 heavy (non-hydrogen) atoms. The molecule has 10 nitrogen and oxygen atoms in total. The molecule has 1 aromatic heterocycles. The molecule has 3 N–H and O–H groups in total. The number of amides is 2. The smallest absolute Gasteiger partial charge is 0.240 e. The monoisotopic (exact) mass is 504 g/mol. The Bertz CT molecular complexity index is 816. The second-order valence-corrected chi connectivity index (χ2v) is 8.18. The fourth-order valence-electron chi connectivity index (χ4n) is 2.44. The number of anilines is 2. The second kappa shape index (κ2) is 22.5. The highest BCUT2D eigenvalue weighted by Gasteiger charge is 2.22. The Hall–Kier alpha value is -3.28. The van der Waals surface area contributed by atoms with E-state index in [1.165, 1.54) is 22.7 Å². The van der Waals surface area contributed by atoms with Gasteiger partial charge in [0.1, 0.15) is 18.2 Å². The zero-order valence-electron chi connectivity index (χ0n) is 21.8. The molecule has 0 fully saturated rings. The zero-order valence-corrected chi connectivity index (χ0v) is 22.6. The number of allylic oxidation sites excluding steroid dienone is 1. The van der Waals surface area contributed by atoms with Crippen molar-refractivity contribution in [3.05, 3.63) is 30.9 Å². The van der Waals surface area contributed by atoms with Crippen molar-refractivity contribution >= 4 is 35.2 Å². The predicted molar refractivity (Wildman–Crippen MR) is 145 cm³/mol. The van der Waals surface area contributed by atoms with E-state index in [4.69, 9.17) is 10.5 Å². The fourth-order valence-corrected chi connectivity index (χ4v) is 3.12. The van der Waals surface area contributed by atoms with E-state index in [1.54, 1.807) is 6.07 Å². The first kappa shape index (κ1) is 33.9. The molecule has 0 aliphatic heterocycles. The molecule has 1 atom stereocenters. The number of carbonyl (C=O) groups is 2. The summed E-state index contributed by atoms with van der Waals surface area (Å²) < 4.78 is 0. The third kappa shape index (κ3) is 17.8. The summed E-state index contributed by atoms with van der Waals surface area (Å²) in [4.78, 5) is 31.4. The minimum Gasteiger partial charge on any atom is -0.373 e. The molecule has 2 amide bonds. The number of nitriles is 2. The Morgan fingerprint density at radius 1 is 1.26 bits per heavy atom. The first-order chi connectivity index (χ1) is 16.7. The average molecular weight is 505 g/mol. The van der Waals surface area contributed by atoms with Crippen LogP contribution in [0.4, 0.5) is 11.6 Å². The second-order valence-electron chi connectivity index (χ2n) is 7.14. The first-order valence-corrected chi connectivity index (χ1v) is 12.5. The van der Waals surface area contributed by atoms with Crippen molar-refractivity contribution in [2.75, 3.05) is 70.8 Å². The number of nitrogens with zero attached hydrogens (tertiary/aromatic N) is 5. The van der Waals surface area contributed by atoms with Gasteiger partial charge in [-0.25, -0.2) is 4.98 Å². The number of pyridine rings is 1. The molecule has 1 heterocycles. The molecule has 0 aliphatic rings. The summed E-state index contributed by atoms with van der Waals surface area (Å²) in [6, 6.07) is 9.41. The van der Waals surface area contributed by atoms with Gasteiger partial charge in [-0.1, -0.05) is 19.6 Å². The molecule has 0 aliphatic carbocycles. The van der Waals surface area contributed by atoms with E-state index >= 15 is 0 Å². The minimum atomic E-state index is -0.294. The molecule has 0 saturated carbocycles. The third-order valence-electron chi connectivity index (χ3n) is 4.28. The van der Waals surface area contributed by atoms with E-state index in [1.807, 2.05) is 51.4 Å². The number of likely N-dealkylation sites (N-methyl/N-ethyl adjacent to an activating group) is 2. The van der Waals surface area contributed by atoms with Crippen molar-refractivity contribution in [2.45, 2.75) is 25.5 Å².